The van der Waals surface area contributed by atoms with Crippen LogP contribution in [-0.4, -0.2) is 12.5 Å². The zero-order valence-corrected chi connectivity index (χ0v) is 11.5. The maximum atomic E-state index is 13.3. The van der Waals surface area contributed by atoms with Crippen LogP contribution in [-0.2, 0) is 4.79 Å². The van der Waals surface area contributed by atoms with E-state index in [2.05, 4.69) is 5.32 Å². The Bertz CT molecular complexity index is 680. The molecule has 2 aromatic rings. The number of nitrogens with one attached hydrogen (secondary N) is 1. The van der Waals surface area contributed by atoms with Crippen LogP contribution in [0, 0.1) is 11.6 Å². The molecule has 0 aliphatic heterocycles. The van der Waals surface area contributed by atoms with Crippen molar-refractivity contribution >= 4 is 28.9 Å². The van der Waals surface area contributed by atoms with Crippen molar-refractivity contribution in [1.29, 1.82) is 0 Å². The third kappa shape index (κ3) is 3.82. The molecule has 0 heterocycles. The minimum atomic E-state index is -1.14. The van der Waals surface area contributed by atoms with E-state index in [1.54, 1.807) is 6.07 Å². The lowest BCUT2D eigenvalue weighted by atomic mass is 10.2. The third-order valence-corrected chi connectivity index (χ3v) is 2.80. The molecule has 2 aromatic carbocycles. The number of carbonyl (C=O) groups excluding carboxylic acids is 1. The molecule has 0 aliphatic carbocycles. The zero-order valence-electron chi connectivity index (χ0n) is 10.7. The predicted octanol–water partition coefficient (Wildman–Crippen LogP) is 3.22. The van der Waals surface area contributed by atoms with E-state index >= 15 is 0 Å². The standard InChI is InChI=1S/C14H11ClF2N2O2/c15-8-4-5-11(10(18)6-8)19-13(20)7-21-12-3-1-2-9(16)14(12)17/h1-6H,7,18H2,(H,19,20). The fraction of sp³-hybridized carbons (Fsp3) is 0.0714. The smallest absolute Gasteiger partial charge is 0.262 e. The normalized spacial score (nSPS) is 10.2. The molecule has 1 amide bonds. The third-order valence-electron chi connectivity index (χ3n) is 2.56. The summed E-state index contributed by atoms with van der Waals surface area (Å²) in [6, 6.07) is 8.02. The summed E-state index contributed by atoms with van der Waals surface area (Å²) in [5, 5.41) is 2.91. The summed E-state index contributed by atoms with van der Waals surface area (Å²) in [7, 11) is 0. The number of ether oxygens (including phenoxy) is 1. The summed E-state index contributed by atoms with van der Waals surface area (Å²) < 4.78 is 31.2. The Kier molecular flexibility index (Phi) is 4.59. The van der Waals surface area contributed by atoms with E-state index in [0.717, 1.165) is 6.07 Å². The Labute approximate surface area is 124 Å². The van der Waals surface area contributed by atoms with Crippen LogP contribution in [0.4, 0.5) is 20.2 Å². The molecule has 21 heavy (non-hydrogen) atoms. The number of anilines is 2. The van der Waals surface area contributed by atoms with Gasteiger partial charge in [0.05, 0.1) is 11.4 Å². The van der Waals surface area contributed by atoms with Crippen molar-refractivity contribution in [2.45, 2.75) is 0 Å². The van der Waals surface area contributed by atoms with Crippen molar-refractivity contribution in [3.8, 4) is 5.75 Å². The molecule has 0 radical (unpaired) electrons. The quantitative estimate of drug-likeness (QED) is 0.852. The average molecular weight is 313 g/mol. The number of nitrogens with two attached hydrogens (primary N) is 1. The van der Waals surface area contributed by atoms with E-state index in [0.29, 0.717) is 10.7 Å². The maximum absolute atomic E-state index is 13.3. The molecule has 0 atom stereocenters. The van der Waals surface area contributed by atoms with Gasteiger partial charge in [0.1, 0.15) is 0 Å². The second-order valence-corrected chi connectivity index (χ2v) is 4.56. The van der Waals surface area contributed by atoms with Gasteiger partial charge < -0.3 is 15.8 Å². The molecule has 0 aromatic heterocycles. The number of amides is 1. The number of rotatable bonds is 4. The lowest BCUT2D eigenvalue weighted by molar-refractivity contribution is -0.118. The van der Waals surface area contributed by atoms with Gasteiger partial charge in [-0.15, -0.1) is 0 Å². The SMILES string of the molecule is Nc1cc(Cl)ccc1NC(=O)COc1cccc(F)c1F. The van der Waals surface area contributed by atoms with Gasteiger partial charge in [-0.25, -0.2) is 4.39 Å². The number of nitrogen functional groups attached to an aromatic ring is 1. The van der Waals surface area contributed by atoms with Gasteiger partial charge in [0.25, 0.3) is 5.91 Å². The number of carbonyl (C=O) groups is 1. The Morgan fingerprint density at radius 1 is 1.29 bits per heavy atom. The van der Waals surface area contributed by atoms with Gasteiger partial charge in [0.15, 0.2) is 18.2 Å². The summed E-state index contributed by atoms with van der Waals surface area (Å²) in [5.41, 5.74) is 6.31. The van der Waals surface area contributed by atoms with Gasteiger partial charge in [0, 0.05) is 5.02 Å². The number of hydrogen-bond acceptors (Lipinski definition) is 3. The maximum Gasteiger partial charge on any atom is 0.262 e. The highest BCUT2D eigenvalue weighted by Crippen LogP contribution is 2.23. The van der Waals surface area contributed by atoms with Crippen LogP contribution < -0.4 is 15.8 Å². The van der Waals surface area contributed by atoms with Crippen molar-refractivity contribution in [2.24, 2.45) is 0 Å². The van der Waals surface area contributed by atoms with Crippen LogP contribution in [0.3, 0.4) is 0 Å². The van der Waals surface area contributed by atoms with E-state index in [1.807, 2.05) is 0 Å². The van der Waals surface area contributed by atoms with Crippen LogP contribution in [0.1, 0.15) is 0 Å². The predicted molar refractivity (Wildman–Crippen MR) is 76.3 cm³/mol. The van der Waals surface area contributed by atoms with E-state index in [9.17, 15) is 13.6 Å². The van der Waals surface area contributed by atoms with Crippen LogP contribution in [0.2, 0.25) is 5.02 Å². The van der Waals surface area contributed by atoms with Crippen LogP contribution in [0.25, 0.3) is 0 Å². The second kappa shape index (κ2) is 6.41. The summed E-state index contributed by atoms with van der Waals surface area (Å²) in [6.45, 7) is -0.484. The highest BCUT2D eigenvalue weighted by atomic mass is 35.5. The Morgan fingerprint density at radius 2 is 2.05 bits per heavy atom. The molecular weight excluding hydrogens is 302 g/mol. The molecule has 3 N–H and O–H groups in total. The fourth-order valence-electron chi connectivity index (χ4n) is 1.57. The molecule has 7 heteroatoms. The molecule has 0 bridgehead atoms. The molecule has 0 fully saturated rings. The van der Waals surface area contributed by atoms with Gasteiger partial charge in [-0.1, -0.05) is 17.7 Å². The first-order valence-electron chi connectivity index (χ1n) is 5.89. The van der Waals surface area contributed by atoms with Crippen molar-refractivity contribution in [3.05, 3.63) is 53.1 Å². The van der Waals surface area contributed by atoms with Gasteiger partial charge in [0.2, 0.25) is 5.82 Å². The molecule has 0 saturated carbocycles. The topological polar surface area (TPSA) is 64.3 Å². The van der Waals surface area contributed by atoms with E-state index in [4.69, 9.17) is 22.1 Å². The lowest BCUT2D eigenvalue weighted by Crippen LogP contribution is -2.21. The molecule has 0 saturated heterocycles. The second-order valence-electron chi connectivity index (χ2n) is 4.12. The molecule has 0 spiro atoms. The number of hydrogen-bond donors (Lipinski definition) is 2. The average Bonchev–Trinajstić information content (AvgIpc) is 2.43. The first kappa shape index (κ1) is 15.1. The molecule has 110 valence electrons. The summed E-state index contributed by atoms with van der Waals surface area (Å²) in [6.07, 6.45) is 0. The highest BCUT2D eigenvalue weighted by molar-refractivity contribution is 6.31. The first-order chi connectivity index (χ1) is 9.97. The molecule has 0 unspecified atom stereocenters. The van der Waals surface area contributed by atoms with Crippen LogP contribution >= 0.6 is 11.6 Å². The van der Waals surface area contributed by atoms with Crippen molar-refractivity contribution in [1.82, 2.24) is 0 Å². The Morgan fingerprint density at radius 3 is 2.76 bits per heavy atom. The van der Waals surface area contributed by atoms with Crippen molar-refractivity contribution in [3.63, 3.8) is 0 Å². The summed E-state index contributed by atoms with van der Waals surface area (Å²) in [4.78, 5) is 11.7. The Hall–Kier alpha value is -2.34. The minimum absolute atomic E-state index is 0.285. The van der Waals surface area contributed by atoms with Gasteiger partial charge in [-0.2, -0.15) is 4.39 Å². The van der Waals surface area contributed by atoms with Gasteiger partial charge >= 0.3 is 0 Å². The fourth-order valence-corrected chi connectivity index (χ4v) is 1.75. The highest BCUT2D eigenvalue weighted by Gasteiger charge is 2.11. The van der Waals surface area contributed by atoms with Gasteiger partial charge in [-0.05, 0) is 30.3 Å². The van der Waals surface area contributed by atoms with E-state index in [1.165, 1.54) is 24.3 Å². The molecule has 2 rings (SSSR count). The molecule has 4 nitrogen and oxygen atoms in total. The largest absolute Gasteiger partial charge is 0.481 e. The monoisotopic (exact) mass is 312 g/mol. The first-order valence-corrected chi connectivity index (χ1v) is 6.27. The van der Waals surface area contributed by atoms with Crippen LogP contribution in [0.5, 0.6) is 5.75 Å². The minimum Gasteiger partial charge on any atom is -0.481 e. The van der Waals surface area contributed by atoms with Crippen LogP contribution in [0.15, 0.2) is 36.4 Å². The van der Waals surface area contributed by atoms with Gasteiger partial charge in [-0.3, -0.25) is 4.79 Å². The molecular formula is C14H11ClF2N2O2. The lowest BCUT2D eigenvalue weighted by Gasteiger charge is -2.10. The summed E-state index contributed by atoms with van der Waals surface area (Å²) in [5.74, 6) is -3.09. The van der Waals surface area contributed by atoms with E-state index in [-0.39, 0.29) is 11.4 Å². The number of halogens is 3. The number of benzene rings is 2. The zero-order chi connectivity index (χ0) is 15.4. The van der Waals surface area contributed by atoms with E-state index < -0.39 is 24.1 Å². The summed E-state index contributed by atoms with van der Waals surface area (Å²) >= 11 is 5.73. The van der Waals surface area contributed by atoms with Crippen molar-refractivity contribution in [2.75, 3.05) is 17.7 Å². The Balaban J connectivity index is 1.97. The van der Waals surface area contributed by atoms with Crippen molar-refractivity contribution < 1.29 is 18.3 Å². The molecule has 0 aliphatic rings.